The van der Waals surface area contributed by atoms with Crippen molar-refractivity contribution in [2.45, 2.75) is 0 Å². The third kappa shape index (κ3) is 15.7. The molecule has 0 aliphatic rings. The fourth-order valence-electron chi connectivity index (χ4n) is 0.982. The lowest BCUT2D eigenvalue weighted by Gasteiger charge is -2.07. The van der Waals surface area contributed by atoms with Crippen molar-refractivity contribution in [1.82, 2.24) is 0 Å². The predicted molar refractivity (Wildman–Crippen MR) is 61.6 cm³/mol. The molecule has 0 saturated heterocycles. The van der Waals surface area contributed by atoms with Crippen LogP contribution >= 0.6 is 0 Å². The first-order chi connectivity index (χ1) is 8.91. The summed E-state index contributed by atoms with van der Waals surface area (Å²) in [5.74, 6) is 0. The minimum absolute atomic E-state index is 0.0288. The van der Waals surface area contributed by atoms with Crippen LogP contribution in [-0.2, 0) is 23.8 Å². The molecule has 0 amide bonds. The summed E-state index contributed by atoms with van der Waals surface area (Å²) in [4.78, 5) is 4.44. The van der Waals surface area contributed by atoms with Gasteiger partial charge in [0, 0.05) is 0 Å². The van der Waals surface area contributed by atoms with Gasteiger partial charge in [-0.25, -0.2) is 10.5 Å². The lowest BCUT2D eigenvalue weighted by atomic mass is 10.7. The molecule has 3 N–H and O–H groups in total. The van der Waals surface area contributed by atoms with E-state index in [4.69, 9.17) is 24.1 Å². The van der Waals surface area contributed by atoms with Crippen LogP contribution in [0.4, 0.5) is 0 Å². The van der Waals surface area contributed by atoms with E-state index in [-0.39, 0.29) is 13.2 Å². The van der Waals surface area contributed by atoms with E-state index in [1.54, 1.807) is 0 Å². The third-order valence-electron chi connectivity index (χ3n) is 1.77. The molecular weight excluding hydrogens is 246 g/mol. The number of nitrogens with two attached hydrogens (primary N) is 1. The molecule has 0 heterocycles. The number of ether oxygens (including phenoxy) is 4. The van der Waals surface area contributed by atoms with E-state index in [0.717, 1.165) is 0 Å². The van der Waals surface area contributed by atoms with Crippen LogP contribution in [0.25, 0.3) is 0 Å². The van der Waals surface area contributed by atoms with Crippen molar-refractivity contribution in [3.8, 4) is 0 Å². The van der Waals surface area contributed by atoms with Crippen LogP contribution in [0.1, 0.15) is 0 Å². The molecular formula is C10H23NO7. The molecule has 0 bridgehead atoms. The highest BCUT2D eigenvalue weighted by molar-refractivity contribution is 4.35. The first-order valence-corrected chi connectivity index (χ1v) is 5.89. The molecule has 8 nitrogen and oxygen atoms in total. The predicted octanol–water partition coefficient (Wildman–Crippen LogP) is -1.96. The van der Waals surface area contributed by atoms with Crippen molar-refractivity contribution < 1.29 is 34.5 Å². The molecule has 0 rings (SSSR count). The normalized spacial score (nSPS) is 11.0. The summed E-state index contributed by atoms with van der Waals surface area (Å²) < 4.78 is 20.6. The molecule has 0 saturated carbocycles. The van der Waals surface area contributed by atoms with Gasteiger partial charge >= 0.3 is 0 Å². The van der Waals surface area contributed by atoms with Crippen LogP contribution in [0.2, 0.25) is 0 Å². The van der Waals surface area contributed by atoms with Crippen molar-refractivity contribution in [3.63, 3.8) is 0 Å². The largest absolute Gasteiger partial charge is 0.601 e. The summed E-state index contributed by atoms with van der Waals surface area (Å²) in [6.45, 7) is 3.90. The van der Waals surface area contributed by atoms with Crippen molar-refractivity contribution in [1.29, 1.82) is 0 Å². The van der Waals surface area contributed by atoms with Crippen LogP contribution in [0, 0.1) is 5.21 Å². The van der Waals surface area contributed by atoms with Crippen molar-refractivity contribution in [3.05, 3.63) is 5.21 Å². The zero-order valence-corrected chi connectivity index (χ0v) is 10.5. The molecule has 0 unspecified atom stereocenters. The summed E-state index contributed by atoms with van der Waals surface area (Å²) >= 11 is 0. The van der Waals surface area contributed by atoms with E-state index < -0.39 is 0 Å². The lowest BCUT2D eigenvalue weighted by Crippen LogP contribution is -2.76. The first kappa shape index (κ1) is 17.7. The summed E-state index contributed by atoms with van der Waals surface area (Å²) in [6.07, 6.45) is 0. The Labute approximate surface area is 107 Å². The smallest absolute Gasteiger partial charge is 0.130 e. The van der Waals surface area contributed by atoms with E-state index >= 15 is 0 Å². The number of rotatable bonds is 15. The Morgan fingerprint density at radius 3 is 1.44 bits per heavy atom. The van der Waals surface area contributed by atoms with E-state index in [1.807, 2.05) is 0 Å². The number of hydrogen-bond donors (Lipinski definition) is 2. The lowest BCUT2D eigenvalue weighted by molar-refractivity contribution is -0.850. The Morgan fingerprint density at radius 2 is 1.06 bits per heavy atom. The van der Waals surface area contributed by atoms with E-state index in [0.29, 0.717) is 58.5 Å². The summed E-state index contributed by atoms with van der Waals surface area (Å²) in [7, 11) is 0. The second kappa shape index (κ2) is 16.7. The zero-order valence-electron chi connectivity index (χ0n) is 10.5. The van der Waals surface area contributed by atoms with Crippen molar-refractivity contribution in [2.75, 3.05) is 66.1 Å². The molecule has 0 aliphatic carbocycles. The van der Waals surface area contributed by atoms with Gasteiger partial charge in [-0.2, -0.15) is 0 Å². The molecule has 110 valence electrons. The van der Waals surface area contributed by atoms with Gasteiger partial charge in [0.2, 0.25) is 0 Å². The molecule has 0 atom stereocenters. The van der Waals surface area contributed by atoms with Crippen molar-refractivity contribution >= 4 is 0 Å². The summed E-state index contributed by atoms with van der Waals surface area (Å²) in [5.41, 5.74) is 0.390. The summed E-state index contributed by atoms with van der Waals surface area (Å²) in [5, 5.41) is 18.2. The second-order valence-corrected chi connectivity index (χ2v) is 3.14. The van der Waals surface area contributed by atoms with Crippen LogP contribution in [0.3, 0.4) is 0 Å². The average Bonchev–Trinajstić information content (AvgIpc) is 2.39. The second-order valence-electron chi connectivity index (χ2n) is 3.14. The maximum atomic E-state index is 9.79. The molecule has 0 spiro atoms. The Morgan fingerprint density at radius 1 is 0.667 bits per heavy atom. The highest BCUT2D eigenvalue weighted by atomic mass is 16.8. The summed E-state index contributed by atoms with van der Waals surface area (Å²) in [6, 6.07) is 0. The molecule has 0 fully saturated rings. The zero-order chi connectivity index (χ0) is 13.3. The number of aliphatic hydroxyl groups is 1. The minimum Gasteiger partial charge on any atom is -0.601 e. The molecule has 0 aliphatic heterocycles. The quantitative estimate of drug-likeness (QED) is 0.262. The monoisotopic (exact) mass is 269 g/mol. The highest BCUT2D eigenvalue weighted by Gasteiger charge is 1.92. The van der Waals surface area contributed by atoms with Gasteiger partial charge in [0.05, 0.1) is 59.5 Å². The number of hydrogen-bond acceptors (Lipinski definition) is 7. The van der Waals surface area contributed by atoms with Gasteiger partial charge in [-0.3, -0.25) is 0 Å². The van der Waals surface area contributed by atoms with Gasteiger partial charge in [0.15, 0.2) is 0 Å². The fourth-order valence-corrected chi connectivity index (χ4v) is 0.982. The fraction of sp³-hybridized carbons (Fsp3) is 1.00. The van der Waals surface area contributed by atoms with E-state index in [1.165, 1.54) is 0 Å². The topological polar surface area (TPSA) is 106 Å². The molecule has 0 aromatic heterocycles. The van der Waals surface area contributed by atoms with E-state index in [9.17, 15) is 5.21 Å². The standard InChI is InChI=1S/C10H23NO7/c12-1-2-14-3-4-15-5-6-16-7-8-17-9-10-18-11-13/h12H,1-11H2. The molecule has 0 aromatic carbocycles. The van der Waals surface area contributed by atoms with Gasteiger partial charge in [0.1, 0.15) is 6.61 Å². The van der Waals surface area contributed by atoms with Gasteiger partial charge < -0.3 is 29.3 Å². The third-order valence-corrected chi connectivity index (χ3v) is 1.77. The Balaban J connectivity index is 2.86. The van der Waals surface area contributed by atoms with Gasteiger partial charge in [-0.1, -0.05) is 0 Å². The number of aliphatic hydroxyl groups excluding tert-OH is 1. The van der Waals surface area contributed by atoms with Crippen LogP contribution in [0.15, 0.2) is 0 Å². The first-order valence-electron chi connectivity index (χ1n) is 5.89. The molecule has 8 heteroatoms. The highest BCUT2D eigenvalue weighted by Crippen LogP contribution is 1.82. The average molecular weight is 269 g/mol. The van der Waals surface area contributed by atoms with Crippen LogP contribution in [0.5, 0.6) is 0 Å². The van der Waals surface area contributed by atoms with Crippen molar-refractivity contribution in [2.24, 2.45) is 0 Å². The molecule has 0 aromatic rings. The number of quaternary nitrogens is 1. The minimum atomic E-state index is 0.0288. The maximum Gasteiger partial charge on any atom is 0.130 e. The molecule has 18 heavy (non-hydrogen) atoms. The van der Waals surface area contributed by atoms with Gasteiger partial charge in [0.25, 0.3) is 0 Å². The SMILES string of the molecule is [O-][NH2+]OCCOCCOCCOCCOCCO. The van der Waals surface area contributed by atoms with E-state index in [2.05, 4.69) is 4.84 Å². The Hall–Kier alpha value is -0.320. The van der Waals surface area contributed by atoms with Crippen LogP contribution in [-0.4, -0.2) is 71.2 Å². The Kier molecular flexibility index (Phi) is 16.4. The van der Waals surface area contributed by atoms with Gasteiger partial charge in [-0.15, -0.1) is 0 Å². The van der Waals surface area contributed by atoms with Gasteiger partial charge in [-0.05, 0) is 0 Å². The Bertz CT molecular complexity index is 134. The van der Waals surface area contributed by atoms with Crippen LogP contribution < -0.4 is 5.64 Å². The maximum absolute atomic E-state index is 9.79. The molecule has 0 radical (unpaired) electrons.